The van der Waals surface area contributed by atoms with E-state index in [0.29, 0.717) is 30.7 Å². The van der Waals surface area contributed by atoms with E-state index in [-0.39, 0.29) is 12.0 Å². The van der Waals surface area contributed by atoms with Crippen LogP contribution in [0.3, 0.4) is 0 Å². The maximum atomic E-state index is 14.4. The van der Waals surface area contributed by atoms with Crippen LogP contribution in [-0.4, -0.2) is 0 Å². The van der Waals surface area contributed by atoms with E-state index < -0.39 is 63.5 Å². The van der Waals surface area contributed by atoms with E-state index in [9.17, 15) is 35.1 Å². The zero-order valence-electron chi connectivity index (χ0n) is 15.9. The van der Waals surface area contributed by atoms with Crippen molar-refractivity contribution in [3.05, 3.63) is 88.5 Å². The molecule has 0 aromatic heterocycles. The zero-order chi connectivity index (χ0) is 22.9. The lowest BCUT2D eigenvalue weighted by atomic mass is 10.0. The lowest BCUT2D eigenvalue weighted by Crippen LogP contribution is -2.25. The van der Waals surface area contributed by atoms with Gasteiger partial charge >= 0.3 is 6.11 Å². The zero-order valence-corrected chi connectivity index (χ0v) is 15.9. The Kier molecular flexibility index (Phi) is 6.24. The third-order valence-corrected chi connectivity index (χ3v) is 4.40. The Balaban J connectivity index is 1.96. The average Bonchev–Trinajstić information content (AvgIpc) is 2.63. The van der Waals surface area contributed by atoms with E-state index >= 15 is 0 Å². The molecule has 0 aliphatic carbocycles. The van der Waals surface area contributed by atoms with Gasteiger partial charge in [-0.15, -0.1) is 0 Å². The minimum Gasteiger partial charge on any atom is -0.429 e. The van der Waals surface area contributed by atoms with Crippen LogP contribution in [0.25, 0.3) is 11.1 Å². The maximum absolute atomic E-state index is 14.4. The van der Waals surface area contributed by atoms with E-state index in [1.54, 1.807) is 6.92 Å². The molecule has 0 fully saturated rings. The summed E-state index contributed by atoms with van der Waals surface area (Å²) < 4.78 is 116. The Bertz CT molecular complexity index is 1080. The maximum Gasteiger partial charge on any atom is 0.432 e. The summed E-state index contributed by atoms with van der Waals surface area (Å²) in [7, 11) is 0. The van der Waals surface area contributed by atoms with Crippen molar-refractivity contribution in [1.82, 2.24) is 0 Å². The Hall–Kier alpha value is -3.10. The van der Waals surface area contributed by atoms with Crippen LogP contribution in [0.15, 0.2) is 42.5 Å². The highest BCUT2D eigenvalue weighted by atomic mass is 19.3. The highest BCUT2D eigenvalue weighted by molar-refractivity contribution is 5.66. The molecule has 3 aromatic rings. The Labute approximate surface area is 171 Å². The Morgan fingerprint density at radius 2 is 1.29 bits per heavy atom. The first-order chi connectivity index (χ1) is 14.5. The number of alkyl halides is 2. The van der Waals surface area contributed by atoms with Gasteiger partial charge in [0, 0.05) is 12.1 Å². The van der Waals surface area contributed by atoms with Crippen LogP contribution in [0.5, 0.6) is 5.75 Å². The first kappa shape index (κ1) is 22.6. The number of ether oxygens (including phenoxy) is 1. The number of benzene rings is 3. The molecular weight excluding hydrogens is 432 g/mol. The number of hydrogen-bond acceptors (Lipinski definition) is 1. The summed E-state index contributed by atoms with van der Waals surface area (Å²) in [5.74, 6) is -9.71. The minimum atomic E-state index is -4.60. The monoisotopic (exact) mass is 446 g/mol. The first-order valence-electron chi connectivity index (χ1n) is 9.03. The van der Waals surface area contributed by atoms with Crippen LogP contribution >= 0.6 is 0 Å². The van der Waals surface area contributed by atoms with Crippen molar-refractivity contribution in [2.45, 2.75) is 25.9 Å². The van der Waals surface area contributed by atoms with Gasteiger partial charge in [-0.2, -0.15) is 8.78 Å². The lowest BCUT2D eigenvalue weighted by molar-refractivity contribution is -0.189. The molecule has 3 rings (SSSR count). The molecular formula is C22H14F8O. The molecule has 0 radical (unpaired) electrons. The van der Waals surface area contributed by atoms with Crippen molar-refractivity contribution in [3.8, 4) is 16.9 Å². The fraction of sp³-hybridized carbons (Fsp3) is 0.182. The average molecular weight is 446 g/mol. The molecule has 9 heteroatoms. The molecule has 1 nitrogen and oxygen atoms in total. The van der Waals surface area contributed by atoms with Crippen LogP contribution in [0, 0.1) is 34.9 Å². The lowest BCUT2D eigenvalue weighted by Gasteiger charge is -2.20. The number of halogens is 8. The van der Waals surface area contributed by atoms with Gasteiger partial charge in [0.2, 0.25) is 0 Å². The number of rotatable bonds is 6. The fourth-order valence-corrected chi connectivity index (χ4v) is 3.07. The largest absolute Gasteiger partial charge is 0.432 e. The molecule has 0 atom stereocenters. The molecule has 0 heterocycles. The van der Waals surface area contributed by atoms with Gasteiger partial charge in [-0.05, 0) is 41.8 Å². The van der Waals surface area contributed by atoms with E-state index in [1.165, 1.54) is 0 Å². The molecule has 0 N–H and O–H groups in total. The third-order valence-electron chi connectivity index (χ3n) is 4.40. The smallest absolute Gasteiger partial charge is 0.429 e. The van der Waals surface area contributed by atoms with Crippen LogP contribution in [-0.2, 0) is 12.5 Å². The predicted molar refractivity (Wildman–Crippen MR) is 96.6 cm³/mol. The molecule has 0 saturated heterocycles. The standard InChI is InChI=1S/C22H14F8O/c1-2-3-11-6-18(27)21(19(28)7-11)22(29,30)31-13-9-16(25)20(17(26)10-13)12-4-5-14(23)15(24)8-12/h4-10H,2-3H2,1H3. The van der Waals surface area contributed by atoms with Gasteiger partial charge in [0.1, 0.15) is 34.6 Å². The van der Waals surface area contributed by atoms with E-state index in [1.807, 2.05) is 0 Å². The minimum absolute atomic E-state index is 0.157. The van der Waals surface area contributed by atoms with Crippen molar-refractivity contribution < 1.29 is 39.9 Å². The van der Waals surface area contributed by atoms with Crippen LogP contribution < -0.4 is 4.74 Å². The number of aryl methyl sites for hydroxylation is 1. The molecule has 31 heavy (non-hydrogen) atoms. The number of hydrogen-bond donors (Lipinski definition) is 0. The third kappa shape index (κ3) is 4.65. The van der Waals surface area contributed by atoms with Gasteiger partial charge in [-0.1, -0.05) is 19.4 Å². The van der Waals surface area contributed by atoms with Crippen molar-refractivity contribution in [2.75, 3.05) is 0 Å². The highest BCUT2D eigenvalue weighted by Crippen LogP contribution is 2.38. The second-order valence-corrected chi connectivity index (χ2v) is 6.69. The van der Waals surface area contributed by atoms with Crippen molar-refractivity contribution >= 4 is 0 Å². The molecule has 0 unspecified atom stereocenters. The highest BCUT2D eigenvalue weighted by Gasteiger charge is 2.41. The van der Waals surface area contributed by atoms with Gasteiger partial charge in [0.25, 0.3) is 0 Å². The molecule has 3 aromatic carbocycles. The topological polar surface area (TPSA) is 9.23 Å². The first-order valence-corrected chi connectivity index (χ1v) is 9.03. The Morgan fingerprint density at radius 1 is 0.710 bits per heavy atom. The van der Waals surface area contributed by atoms with Gasteiger partial charge in [-0.25, -0.2) is 26.3 Å². The summed E-state index contributed by atoms with van der Waals surface area (Å²) in [6, 6.07) is 4.19. The molecule has 0 amide bonds. The molecule has 0 bridgehead atoms. The van der Waals surface area contributed by atoms with Gasteiger partial charge in [0.05, 0.1) is 5.56 Å². The van der Waals surface area contributed by atoms with Gasteiger partial charge in [0.15, 0.2) is 11.6 Å². The SMILES string of the molecule is CCCc1cc(F)c(C(F)(F)Oc2cc(F)c(-c3ccc(F)c(F)c3)c(F)c2)c(F)c1. The van der Waals surface area contributed by atoms with E-state index in [0.717, 1.165) is 18.2 Å². The van der Waals surface area contributed by atoms with Crippen LogP contribution in [0.1, 0.15) is 24.5 Å². The summed E-state index contributed by atoms with van der Waals surface area (Å²) >= 11 is 0. The van der Waals surface area contributed by atoms with Crippen molar-refractivity contribution in [1.29, 1.82) is 0 Å². The quantitative estimate of drug-likeness (QED) is 0.362. The van der Waals surface area contributed by atoms with Crippen LogP contribution in [0.4, 0.5) is 35.1 Å². The summed E-state index contributed by atoms with van der Waals surface area (Å²) in [6.07, 6.45) is -3.82. The van der Waals surface area contributed by atoms with E-state index in [2.05, 4.69) is 4.74 Å². The van der Waals surface area contributed by atoms with Crippen LogP contribution in [0.2, 0.25) is 0 Å². The molecule has 0 aliphatic rings. The summed E-state index contributed by atoms with van der Waals surface area (Å²) in [5, 5.41) is 0. The molecule has 164 valence electrons. The molecule has 0 aliphatic heterocycles. The normalized spacial score (nSPS) is 11.6. The van der Waals surface area contributed by atoms with Crippen molar-refractivity contribution in [3.63, 3.8) is 0 Å². The molecule has 0 saturated carbocycles. The molecule has 0 spiro atoms. The van der Waals surface area contributed by atoms with Gasteiger partial charge in [-0.3, -0.25) is 0 Å². The van der Waals surface area contributed by atoms with E-state index in [4.69, 9.17) is 0 Å². The second-order valence-electron chi connectivity index (χ2n) is 6.69. The summed E-state index contributed by atoms with van der Waals surface area (Å²) in [5.41, 5.74) is -2.77. The summed E-state index contributed by atoms with van der Waals surface area (Å²) in [6.45, 7) is 1.73. The van der Waals surface area contributed by atoms with Crippen molar-refractivity contribution in [2.24, 2.45) is 0 Å². The second kappa shape index (κ2) is 8.56. The predicted octanol–water partition coefficient (Wildman–Crippen LogP) is 7.27. The fourth-order valence-electron chi connectivity index (χ4n) is 3.07. The Morgan fingerprint density at radius 3 is 1.81 bits per heavy atom. The van der Waals surface area contributed by atoms with Gasteiger partial charge < -0.3 is 4.74 Å². The summed E-state index contributed by atoms with van der Waals surface area (Å²) in [4.78, 5) is 0.